The Morgan fingerprint density at radius 3 is 2.63 bits per heavy atom. The standard InChI is InChI=1S/C14H14BrFN2O/c1-14(16)4-6-18(7-5-14)13(19)10-2-3-11(9-17)12(15)8-10/h2-3,8H,4-7H2,1H3. The van der Waals surface area contributed by atoms with Gasteiger partial charge in [0.15, 0.2) is 0 Å². The summed E-state index contributed by atoms with van der Waals surface area (Å²) in [7, 11) is 0. The first-order valence-corrected chi connectivity index (χ1v) is 6.90. The Labute approximate surface area is 120 Å². The molecule has 0 spiro atoms. The van der Waals surface area contributed by atoms with Gasteiger partial charge in [-0.25, -0.2) is 4.39 Å². The van der Waals surface area contributed by atoms with Gasteiger partial charge < -0.3 is 4.90 Å². The first-order chi connectivity index (χ1) is 8.93. The molecule has 1 aromatic carbocycles. The molecule has 0 atom stereocenters. The van der Waals surface area contributed by atoms with Crippen LogP contribution in [0.4, 0.5) is 4.39 Å². The molecule has 1 aliphatic heterocycles. The van der Waals surface area contributed by atoms with Crippen molar-refractivity contribution in [3.63, 3.8) is 0 Å². The molecule has 0 bridgehead atoms. The fourth-order valence-corrected chi connectivity index (χ4v) is 2.56. The van der Waals surface area contributed by atoms with E-state index >= 15 is 0 Å². The highest BCUT2D eigenvalue weighted by molar-refractivity contribution is 9.10. The molecular formula is C14H14BrFN2O. The summed E-state index contributed by atoms with van der Waals surface area (Å²) in [6, 6.07) is 6.92. The van der Waals surface area contributed by atoms with Crippen LogP contribution in [0, 0.1) is 11.3 Å². The van der Waals surface area contributed by atoms with Crippen molar-refractivity contribution >= 4 is 21.8 Å². The van der Waals surface area contributed by atoms with Crippen molar-refractivity contribution in [1.29, 1.82) is 5.26 Å². The predicted molar refractivity (Wildman–Crippen MR) is 73.5 cm³/mol. The minimum atomic E-state index is -1.16. The van der Waals surface area contributed by atoms with E-state index in [0.29, 0.717) is 41.5 Å². The minimum Gasteiger partial charge on any atom is -0.338 e. The van der Waals surface area contributed by atoms with Crippen LogP contribution >= 0.6 is 15.9 Å². The van der Waals surface area contributed by atoms with Crippen LogP contribution in [0.2, 0.25) is 0 Å². The molecule has 1 heterocycles. The van der Waals surface area contributed by atoms with Crippen LogP contribution < -0.4 is 0 Å². The average Bonchev–Trinajstić information content (AvgIpc) is 2.38. The number of benzene rings is 1. The highest BCUT2D eigenvalue weighted by atomic mass is 79.9. The molecule has 0 N–H and O–H groups in total. The summed E-state index contributed by atoms with van der Waals surface area (Å²) in [6.07, 6.45) is 0.742. The van der Waals surface area contributed by atoms with Gasteiger partial charge in [-0.2, -0.15) is 5.26 Å². The van der Waals surface area contributed by atoms with Gasteiger partial charge in [0.05, 0.1) is 5.56 Å². The topological polar surface area (TPSA) is 44.1 Å². The zero-order chi connectivity index (χ0) is 14.0. The summed E-state index contributed by atoms with van der Waals surface area (Å²) in [4.78, 5) is 13.9. The van der Waals surface area contributed by atoms with E-state index in [0.717, 1.165) is 0 Å². The molecule has 100 valence electrons. The number of piperidine rings is 1. The second-order valence-corrected chi connectivity index (χ2v) is 5.87. The Bertz CT molecular complexity index is 541. The van der Waals surface area contributed by atoms with Gasteiger partial charge in [0, 0.05) is 23.1 Å². The molecule has 0 aliphatic carbocycles. The van der Waals surface area contributed by atoms with Crippen LogP contribution in [0.5, 0.6) is 0 Å². The molecule has 1 saturated heterocycles. The molecule has 0 unspecified atom stereocenters. The van der Waals surface area contributed by atoms with Gasteiger partial charge in [0.1, 0.15) is 11.7 Å². The summed E-state index contributed by atoms with van der Waals surface area (Å²) >= 11 is 3.26. The van der Waals surface area contributed by atoms with E-state index in [4.69, 9.17) is 5.26 Å². The molecule has 5 heteroatoms. The Morgan fingerprint density at radius 2 is 2.11 bits per heavy atom. The van der Waals surface area contributed by atoms with Gasteiger partial charge in [0.2, 0.25) is 0 Å². The second-order valence-electron chi connectivity index (χ2n) is 5.01. The summed E-state index contributed by atoms with van der Waals surface area (Å²) in [5.41, 5.74) is -0.151. The SMILES string of the molecule is CC1(F)CCN(C(=O)c2ccc(C#N)c(Br)c2)CC1. The normalized spacial score (nSPS) is 17.9. The fraction of sp³-hybridized carbons (Fsp3) is 0.429. The Hall–Kier alpha value is -1.41. The maximum atomic E-state index is 13.7. The molecule has 0 aromatic heterocycles. The monoisotopic (exact) mass is 324 g/mol. The number of likely N-dealkylation sites (tertiary alicyclic amines) is 1. The number of alkyl halides is 1. The van der Waals surface area contributed by atoms with Gasteiger partial charge in [0.25, 0.3) is 5.91 Å². The summed E-state index contributed by atoms with van der Waals surface area (Å²) in [6.45, 7) is 2.44. The minimum absolute atomic E-state index is 0.110. The van der Waals surface area contributed by atoms with Crippen LogP contribution in [-0.2, 0) is 0 Å². The number of nitrogens with zero attached hydrogens (tertiary/aromatic N) is 2. The summed E-state index contributed by atoms with van der Waals surface area (Å²) in [5.74, 6) is -0.110. The average molecular weight is 325 g/mol. The third-order valence-electron chi connectivity index (χ3n) is 3.43. The molecule has 19 heavy (non-hydrogen) atoms. The van der Waals surface area contributed by atoms with Crippen LogP contribution in [0.25, 0.3) is 0 Å². The van der Waals surface area contributed by atoms with Crippen molar-refractivity contribution in [3.8, 4) is 6.07 Å². The molecule has 3 nitrogen and oxygen atoms in total. The van der Waals surface area contributed by atoms with Crippen LogP contribution in [-0.4, -0.2) is 29.6 Å². The lowest BCUT2D eigenvalue weighted by molar-refractivity contribution is 0.0504. The van der Waals surface area contributed by atoms with E-state index < -0.39 is 5.67 Å². The van der Waals surface area contributed by atoms with E-state index in [1.807, 2.05) is 6.07 Å². The van der Waals surface area contributed by atoms with Crippen molar-refractivity contribution in [3.05, 3.63) is 33.8 Å². The molecule has 0 radical (unpaired) electrons. The highest BCUT2D eigenvalue weighted by Gasteiger charge is 2.31. The lowest BCUT2D eigenvalue weighted by Gasteiger charge is -2.34. The van der Waals surface area contributed by atoms with Crippen molar-refractivity contribution in [2.24, 2.45) is 0 Å². The molecule has 1 aromatic rings. The van der Waals surface area contributed by atoms with Gasteiger partial charge in [-0.1, -0.05) is 0 Å². The fourth-order valence-electron chi connectivity index (χ4n) is 2.10. The first kappa shape index (κ1) is 14.0. The van der Waals surface area contributed by atoms with Gasteiger partial charge >= 0.3 is 0 Å². The van der Waals surface area contributed by atoms with Crippen molar-refractivity contribution in [1.82, 2.24) is 4.90 Å². The maximum absolute atomic E-state index is 13.7. The molecule has 1 amide bonds. The number of hydrogen-bond acceptors (Lipinski definition) is 2. The summed E-state index contributed by atoms with van der Waals surface area (Å²) in [5, 5.41) is 8.84. The first-order valence-electron chi connectivity index (χ1n) is 6.11. The third kappa shape index (κ3) is 3.13. The molecule has 1 aliphatic rings. The highest BCUT2D eigenvalue weighted by Crippen LogP contribution is 2.27. The number of carbonyl (C=O) groups excluding carboxylic acids is 1. The van der Waals surface area contributed by atoms with Crippen molar-refractivity contribution in [2.45, 2.75) is 25.4 Å². The lowest BCUT2D eigenvalue weighted by atomic mass is 9.95. The number of halogens is 2. The van der Waals surface area contributed by atoms with Crippen molar-refractivity contribution in [2.75, 3.05) is 13.1 Å². The quantitative estimate of drug-likeness (QED) is 0.795. The van der Waals surface area contributed by atoms with E-state index in [1.165, 1.54) is 0 Å². The third-order valence-corrected chi connectivity index (χ3v) is 4.09. The smallest absolute Gasteiger partial charge is 0.253 e. The zero-order valence-electron chi connectivity index (χ0n) is 10.6. The largest absolute Gasteiger partial charge is 0.338 e. The molecular weight excluding hydrogens is 311 g/mol. The number of nitriles is 1. The maximum Gasteiger partial charge on any atom is 0.253 e. The Morgan fingerprint density at radius 1 is 1.47 bits per heavy atom. The van der Waals surface area contributed by atoms with Crippen LogP contribution in [0.3, 0.4) is 0 Å². The number of hydrogen-bond donors (Lipinski definition) is 0. The Kier molecular flexibility index (Phi) is 3.91. The molecule has 0 saturated carbocycles. The second kappa shape index (κ2) is 5.30. The van der Waals surface area contributed by atoms with E-state index in [2.05, 4.69) is 15.9 Å². The van der Waals surface area contributed by atoms with Gasteiger partial charge in [-0.15, -0.1) is 0 Å². The number of amides is 1. The predicted octanol–water partition coefficient (Wildman–Crippen LogP) is 3.28. The van der Waals surface area contributed by atoms with Crippen molar-refractivity contribution < 1.29 is 9.18 Å². The number of rotatable bonds is 1. The van der Waals surface area contributed by atoms with E-state index in [-0.39, 0.29) is 5.91 Å². The van der Waals surface area contributed by atoms with Crippen LogP contribution in [0.15, 0.2) is 22.7 Å². The lowest BCUT2D eigenvalue weighted by Crippen LogP contribution is -2.43. The molecule has 1 fully saturated rings. The van der Waals surface area contributed by atoms with Crippen LogP contribution in [0.1, 0.15) is 35.7 Å². The summed E-state index contributed by atoms with van der Waals surface area (Å²) < 4.78 is 14.3. The number of carbonyl (C=O) groups is 1. The van der Waals surface area contributed by atoms with Gasteiger partial charge in [-0.3, -0.25) is 4.79 Å². The Balaban J connectivity index is 2.13. The zero-order valence-corrected chi connectivity index (χ0v) is 12.2. The van der Waals surface area contributed by atoms with E-state index in [9.17, 15) is 9.18 Å². The van der Waals surface area contributed by atoms with E-state index in [1.54, 1.807) is 30.0 Å². The molecule has 2 rings (SSSR count). The van der Waals surface area contributed by atoms with Gasteiger partial charge in [-0.05, 0) is 53.9 Å².